The molecular weight excluding hydrogens is 412 g/mol. The van der Waals surface area contributed by atoms with Crippen LogP contribution in [0.4, 0.5) is 0 Å². The van der Waals surface area contributed by atoms with E-state index in [1.807, 2.05) is 18.7 Å². The number of sulfonamides is 1. The third-order valence-corrected chi connectivity index (χ3v) is 8.53. The van der Waals surface area contributed by atoms with Gasteiger partial charge in [-0.05, 0) is 37.6 Å². The van der Waals surface area contributed by atoms with Crippen molar-refractivity contribution in [3.8, 4) is 0 Å². The van der Waals surface area contributed by atoms with Crippen molar-refractivity contribution in [1.82, 2.24) is 19.4 Å². The van der Waals surface area contributed by atoms with Gasteiger partial charge in [0.2, 0.25) is 15.9 Å². The molecule has 2 amide bonds. The number of carbonyl (C=O) groups is 2. The summed E-state index contributed by atoms with van der Waals surface area (Å²) in [6, 6.07) is 1.70. The van der Waals surface area contributed by atoms with Crippen molar-refractivity contribution in [2.75, 3.05) is 45.8 Å². The Balaban J connectivity index is 1.59. The maximum Gasteiger partial charge on any atom is 0.265 e. The summed E-state index contributed by atoms with van der Waals surface area (Å²) < 4.78 is 27.3. The highest BCUT2D eigenvalue weighted by molar-refractivity contribution is 7.89. The van der Waals surface area contributed by atoms with E-state index in [1.165, 1.54) is 15.6 Å². The van der Waals surface area contributed by atoms with Gasteiger partial charge in [0.1, 0.15) is 9.77 Å². The van der Waals surface area contributed by atoms with Crippen LogP contribution in [0.25, 0.3) is 0 Å². The molecule has 0 aromatic carbocycles. The predicted octanol–water partition coefficient (Wildman–Crippen LogP) is 1.21. The van der Waals surface area contributed by atoms with Gasteiger partial charge < -0.3 is 10.2 Å². The number of piperazine rings is 1. The molecule has 2 aliphatic heterocycles. The van der Waals surface area contributed by atoms with E-state index in [9.17, 15) is 18.0 Å². The van der Waals surface area contributed by atoms with Crippen molar-refractivity contribution in [3.05, 3.63) is 16.3 Å². The molecule has 1 N–H and O–H groups in total. The number of rotatable bonds is 7. The lowest BCUT2D eigenvalue weighted by atomic mass is 10.2. The third-order valence-electron chi connectivity index (χ3n) is 5.55. The monoisotopic (exact) mass is 442 g/mol. The van der Waals surface area contributed by atoms with Crippen LogP contribution in [0.2, 0.25) is 0 Å². The van der Waals surface area contributed by atoms with Crippen LogP contribution < -0.4 is 5.32 Å². The Bertz CT molecular complexity index is 825. The summed E-state index contributed by atoms with van der Waals surface area (Å²) >= 11 is 1.18. The molecule has 0 saturated carbocycles. The lowest BCUT2D eigenvalue weighted by Gasteiger charge is -2.34. The van der Waals surface area contributed by atoms with Crippen molar-refractivity contribution in [3.63, 3.8) is 0 Å². The van der Waals surface area contributed by atoms with E-state index in [0.29, 0.717) is 50.7 Å². The summed E-state index contributed by atoms with van der Waals surface area (Å²) in [6.45, 7) is 7.51. The third kappa shape index (κ3) is 5.17. The Kier molecular flexibility index (Phi) is 7.31. The normalized spacial score (nSPS) is 20.0. The Hall–Kier alpha value is -1.49. The van der Waals surface area contributed by atoms with Gasteiger partial charge in [-0.1, -0.05) is 6.92 Å². The molecule has 29 heavy (non-hydrogen) atoms. The zero-order chi connectivity index (χ0) is 21.0. The number of nitrogens with one attached hydrogen (secondary N) is 1. The molecule has 0 aliphatic carbocycles. The van der Waals surface area contributed by atoms with Gasteiger partial charge in [0.15, 0.2) is 0 Å². The van der Waals surface area contributed by atoms with Gasteiger partial charge in [-0.15, -0.1) is 11.3 Å². The molecule has 0 radical (unpaired) electrons. The molecule has 0 spiro atoms. The Labute approximate surface area is 176 Å². The Morgan fingerprint density at radius 2 is 1.79 bits per heavy atom. The quantitative estimate of drug-likeness (QED) is 0.685. The van der Waals surface area contributed by atoms with Crippen molar-refractivity contribution in [2.24, 2.45) is 0 Å². The number of nitrogens with zero attached hydrogens (tertiary/aromatic N) is 3. The smallest absolute Gasteiger partial charge is 0.265 e. The highest BCUT2D eigenvalue weighted by Crippen LogP contribution is 2.28. The van der Waals surface area contributed by atoms with E-state index in [2.05, 4.69) is 5.32 Å². The molecular formula is C19H30N4O4S2. The lowest BCUT2D eigenvalue weighted by Crippen LogP contribution is -2.51. The first-order valence-corrected chi connectivity index (χ1v) is 12.5. The van der Waals surface area contributed by atoms with E-state index in [1.54, 1.807) is 16.3 Å². The molecule has 162 valence electrons. The zero-order valence-corrected chi connectivity index (χ0v) is 18.7. The fourth-order valence-corrected chi connectivity index (χ4v) is 6.48. The highest BCUT2D eigenvalue weighted by atomic mass is 32.2. The topological polar surface area (TPSA) is 90.0 Å². The van der Waals surface area contributed by atoms with Crippen LogP contribution in [0.1, 0.15) is 42.8 Å². The first-order valence-electron chi connectivity index (χ1n) is 10.2. The fourth-order valence-electron chi connectivity index (χ4n) is 3.60. The van der Waals surface area contributed by atoms with E-state index in [0.717, 1.165) is 19.3 Å². The standard InChI is InChI=1S/C19H30N4O4S2/c1-3-15(2)20-17(24)14-21-9-11-22(12-10-21)19(25)18-16(6-13-28-18)29(26,27)23-7-4-5-8-23/h6,13,15H,3-5,7-12,14H2,1-2H3,(H,20,24). The second kappa shape index (κ2) is 9.55. The number of hydrogen-bond acceptors (Lipinski definition) is 6. The van der Waals surface area contributed by atoms with Crippen LogP contribution in [0, 0.1) is 0 Å². The van der Waals surface area contributed by atoms with Gasteiger partial charge in [-0.3, -0.25) is 14.5 Å². The fraction of sp³-hybridized carbons (Fsp3) is 0.684. The molecule has 8 nitrogen and oxygen atoms in total. The zero-order valence-electron chi connectivity index (χ0n) is 17.1. The second-order valence-electron chi connectivity index (χ2n) is 7.67. The molecule has 3 rings (SSSR count). The van der Waals surface area contributed by atoms with Gasteiger partial charge in [0.05, 0.1) is 6.54 Å². The van der Waals surface area contributed by atoms with Crippen molar-refractivity contribution in [1.29, 1.82) is 0 Å². The molecule has 2 fully saturated rings. The summed E-state index contributed by atoms with van der Waals surface area (Å²) in [5.41, 5.74) is 0. The number of amides is 2. The van der Waals surface area contributed by atoms with Crippen LogP contribution >= 0.6 is 11.3 Å². The van der Waals surface area contributed by atoms with E-state index in [-0.39, 0.29) is 22.8 Å². The predicted molar refractivity (Wildman–Crippen MR) is 113 cm³/mol. The molecule has 2 saturated heterocycles. The molecule has 1 unspecified atom stereocenters. The van der Waals surface area contributed by atoms with Crippen molar-refractivity contribution in [2.45, 2.75) is 44.0 Å². The summed E-state index contributed by atoms with van der Waals surface area (Å²) in [5, 5.41) is 4.63. The lowest BCUT2D eigenvalue weighted by molar-refractivity contribution is -0.123. The van der Waals surface area contributed by atoms with Crippen LogP contribution in [0.5, 0.6) is 0 Å². The van der Waals surface area contributed by atoms with E-state index >= 15 is 0 Å². The van der Waals surface area contributed by atoms with Crippen molar-refractivity contribution >= 4 is 33.2 Å². The average Bonchev–Trinajstić information content (AvgIpc) is 3.40. The number of hydrogen-bond donors (Lipinski definition) is 1. The maximum atomic E-state index is 13.0. The summed E-state index contributed by atoms with van der Waals surface area (Å²) in [7, 11) is -3.62. The molecule has 1 aromatic rings. The molecule has 2 aliphatic rings. The molecule has 3 heterocycles. The second-order valence-corrected chi connectivity index (χ2v) is 10.5. The van der Waals surface area contributed by atoms with Gasteiger partial charge >= 0.3 is 0 Å². The summed E-state index contributed by atoms with van der Waals surface area (Å²) in [4.78, 5) is 29.2. The average molecular weight is 443 g/mol. The summed E-state index contributed by atoms with van der Waals surface area (Å²) in [5.74, 6) is -0.238. The first-order chi connectivity index (χ1) is 13.8. The van der Waals surface area contributed by atoms with Gasteiger partial charge in [0.25, 0.3) is 5.91 Å². The van der Waals surface area contributed by atoms with E-state index in [4.69, 9.17) is 0 Å². The van der Waals surface area contributed by atoms with Gasteiger partial charge in [-0.2, -0.15) is 4.31 Å². The number of carbonyl (C=O) groups excluding carboxylic acids is 2. The Morgan fingerprint density at radius 1 is 1.14 bits per heavy atom. The summed E-state index contributed by atoms with van der Waals surface area (Å²) in [6.07, 6.45) is 2.61. The molecule has 1 aromatic heterocycles. The minimum atomic E-state index is -3.62. The molecule has 10 heteroatoms. The molecule has 0 bridgehead atoms. The highest BCUT2D eigenvalue weighted by Gasteiger charge is 2.34. The minimum absolute atomic E-state index is 0.00336. The van der Waals surface area contributed by atoms with Crippen LogP contribution in [0.3, 0.4) is 0 Å². The molecule has 1 atom stereocenters. The van der Waals surface area contributed by atoms with Crippen LogP contribution in [-0.2, 0) is 14.8 Å². The minimum Gasteiger partial charge on any atom is -0.353 e. The largest absolute Gasteiger partial charge is 0.353 e. The first kappa shape index (κ1) is 22.2. The van der Waals surface area contributed by atoms with E-state index < -0.39 is 10.0 Å². The van der Waals surface area contributed by atoms with Gasteiger partial charge in [-0.25, -0.2) is 8.42 Å². The maximum absolute atomic E-state index is 13.0. The number of thiophene rings is 1. The van der Waals surface area contributed by atoms with Gasteiger partial charge in [0, 0.05) is 45.3 Å². The SMILES string of the molecule is CCC(C)NC(=O)CN1CCN(C(=O)c2sccc2S(=O)(=O)N2CCCC2)CC1. The van der Waals surface area contributed by atoms with Crippen LogP contribution in [-0.4, -0.2) is 86.2 Å². The van der Waals surface area contributed by atoms with Crippen LogP contribution in [0.15, 0.2) is 16.3 Å². The Morgan fingerprint density at radius 3 is 2.41 bits per heavy atom. The van der Waals surface area contributed by atoms with Crippen molar-refractivity contribution < 1.29 is 18.0 Å².